The molecule has 0 aliphatic heterocycles. The molecule has 0 unspecified atom stereocenters. The maximum Gasteiger partial charge on any atom is 0.339 e. The predicted molar refractivity (Wildman–Crippen MR) is 72.5 cm³/mol. The number of hydrogen-bond donors (Lipinski definition) is 2. The molecule has 0 aliphatic carbocycles. The summed E-state index contributed by atoms with van der Waals surface area (Å²) in [4.78, 5) is 18.6. The first-order valence-corrected chi connectivity index (χ1v) is 5.95. The Hall–Kier alpha value is -2.65. The molecule has 100 valence electrons. The molecule has 0 spiro atoms. The number of aromatic nitrogens is 2. The van der Waals surface area contributed by atoms with Crippen LogP contribution in [-0.4, -0.2) is 21.0 Å². The number of benzene rings is 1. The number of nitriles is 1. The van der Waals surface area contributed by atoms with Crippen LogP contribution in [0.1, 0.15) is 21.6 Å². The SMILES string of the molecule is N#Cc1ccc(Cl)cc1NCc1ncncc1C(=O)O. The maximum absolute atomic E-state index is 11.0. The number of anilines is 1. The van der Waals surface area contributed by atoms with Crippen LogP contribution in [0.4, 0.5) is 5.69 Å². The number of nitrogens with one attached hydrogen (secondary N) is 1. The van der Waals surface area contributed by atoms with E-state index in [-0.39, 0.29) is 12.1 Å². The molecule has 0 bridgehead atoms. The number of carboxylic acids is 1. The number of aromatic carboxylic acids is 1. The minimum Gasteiger partial charge on any atom is -0.478 e. The van der Waals surface area contributed by atoms with E-state index < -0.39 is 5.97 Å². The quantitative estimate of drug-likeness (QED) is 0.895. The molecule has 7 heteroatoms. The largest absolute Gasteiger partial charge is 0.478 e. The lowest BCUT2D eigenvalue weighted by Crippen LogP contribution is -2.10. The van der Waals surface area contributed by atoms with Gasteiger partial charge in [-0.05, 0) is 18.2 Å². The van der Waals surface area contributed by atoms with Crippen LogP contribution in [0, 0.1) is 11.3 Å². The van der Waals surface area contributed by atoms with Gasteiger partial charge in [0.1, 0.15) is 18.0 Å². The van der Waals surface area contributed by atoms with Crippen LogP contribution in [0.2, 0.25) is 5.02 Å². The van der Waals surface area contributed by atoms with E-state index in [0.717, 1.165) is 0 Å². The van der Waals surface area contributed by atoms with Gasteiger partial charge in [0, 0.05) is 11.2 Å². The van der Waals surface area contributed by atoms with Crippen molar-refractivity contribution >= 4 is 23.3 Å². The van der Waals surface area contributed by atoms with Gasteiger partial charge >= 0.3 is 5.97 Å². The van der Waals surface area contributed by atoms with Crippen molar-refractivity contribution in [2.75, 3.05) is 5.32 Å². The van der Waals surface area contributed by atoms with Gasteiger partial charge in [-0.15, -0.1) is 0 Å². The molecule has 0 fully saturated rings. The van der Waals surface area contributed by atoms with Gasteiger partial charge in [-0.1, -0.05) is 11.6 Å². The maximum atomic E-state index is 11.0. The highest BCUT2D eigenvalue weighted by atomic mass is 35.5. The molecule has 2 aromatic rings. The Kier molecular flexibility index (Phi) is 4.13. The first-order chi connectivity index (χ1) is 9.61. The van der Waals surface area contributed by atoms with Gasteiger partial charge in [-0.2, -0.15) is 5.26 Å². The topological polar surface area (TPSA) is 98.9 Å². The van der Waals surface area contributed by atoms with Crippen LogP contribution in [0.3, 0.4) is 0 Å². The summed E-state index contributed by atoms with van der Waals surface area (Å²) in [6.07, 6.45) is 2.50. The van der Waals surface area contributed by atoms with Crippen LogP contribution >= 0.6 is 11.6 Å². The molecule has 0 saturated heterocycles. The van der Waals surface area contributed by atoms with E-state index in [1.54, 1.807) is 18.2 Å². The molecule has 2 N–H and O–H groups in total. The van der Waals surface area contributed by atoms with Crippen molar-refractivity contribution in [2.45, 2.75) is 6.54 Å². The van der Waals surface area contributed by atoms with Crippen molar-refractivity contribution in [3.8, 4) is 6.07 Å². The van der Waals surface area contributed by atoms with Crippen LogP contribution in [0.25, 0.3) is 0 Å². The van der Waals surface area contributed by atoms with Crippen molar-refractivity contribution in [1.82, 2.24) is 9.97 Å². The van der Waals surface area contributed by atoms with E-state index in [0.29, 0.717) is 22.0 Å². The Bertz CT molecular complexity index is 697. The van der Waals surface area contributed by atoms with Crippen LogP contribution in [0.5, 0.6) is 0 Å². The van der Waals surface area contributed by atoms with E-state index in [1.165, 1.54) is 12.5 Å². The number of hydrogen-bond acceptors (Lipinski definition) is 5. The molecule has 0 amide bonds. The van der Waals surface area contributed by atoms with Crippen molar-refractivity contribution in [2.24, 2.45) is 0 Å². The summed E-state index contributed by atoms with van der Waals surface area (Å²) >= 11 is 5.87. The summed E-state index contributed by atoms with van der Waals surface area (Å²) in [6.45, 7) is 0.152. The highest BCUT2D eigenvalue weighted by Gasteiger charge is 2.11. The molecule has 0 atom stereocenters. The molecule has 6 nitrogen and oxygen atoms in total. The molecule has 1 aromatic heterocycles. The minimum atomic E-state index is -1.10. The fourth-order valence-electron chi connectivity index (χ4n) is 1.61. The lowest BCUT2D eigenvalue weighted by molar-refractivity contribution is 0.0694. The standard InChI is InChI=1S/C13H9ClN4O2/c14-9-2-1-8(4-15)11(3-9)17-6-12-10(13(19)20)5-16-7-18-12/h1-3,5,7,17H,6H2,(H,19,20). The summed E-state index contributed by atoms with van der Waals surface area (Å²) in [5.74, 6) is -1.10. The van der Waals surface area contributed by atoms with Crippen LogP contribution < -0.4 is 5.32 Å². The third-order valence-corrected chi connectivity index (χ3v) is 2.81. The Morgan fingerprint density at radius 1 is 1.50 bits per heavy atom. The van der Waals surface area contributed by atoms with Gasteiger partial charge in [-0.3, -0.25) is 0 Å². The number of halogens is 1. The lowest BCUT2D eigenvalue weighted by atomic mass is 10.2. The molecule has 1 aromatic carbocycles. The molecular weight excluding hydrogens is 280 g/mol. The number of nitrogens with zero attached hydrogens (tertiary/aromatic N) is 3. The van der Waals surface area contributed by atoms with Crippen LogP contribution in [-0.2, 0) is 6.54 Å². The van der Waals surface area contributed by atoms with Crippen molar-refractivity contribution in [3.63, 3.8) is 0 Å². The fourth-order valence-corrected chi connectivity index (χ4v) is 1.79. The second kappa shape index (κ2) is 5.99. The first-order valence-electron chi connectivity index (χ1n) is 5.57. The Morgan fingerprint density at radius 2 is 2.30 bits per heavy atom. The third-order valence-electron chi connectivity index (χ3n) is 2.57. The second-order valence-electron chi connectivity index (χ2n) is 3.84. The zero-order chi connectivity index (χ0) is 14.5. The normalized spacial score (nSPS) is 9.80. The fraction of sp³-hybridized carbons (Fsp3) is 0.0769. The van der Waals surface area contributed by atoms with Crippen LogP contribution in [0.15, 0.2) is 30.7 Å². The summed E-state index contributed by atoms with van der Waals surface area (Å²) < 4.78 is 0. The summed E-state index contributed by atoms with van der Waals surface area (Å²) in [5, 5.41) is 21.5. The summed E-state index contributed by atoms with van der Waals surface area (Å²) in [7, 11) is 0. The van der Waals surface area contributed by atoms with Gasteiger partial charge in [0.05, 0.1) is 23.5 Å². The second-order valence-corrected chi connectivity index (χ2v) is 4.28. The van der Waals surface area contributed by atoms with Gasteiger partial charge in [0.25, 0.3) is 0 Å². The molecule has 2 rings (SSSR count). The highest BCUT2D eigenvalue weighted by Crippen LogP contribution is 2.21. The van der Waals surface area contributed by atoms with Crippen molar-refractivity contribution in [3.05, 3.63) is 52.6 Å². The molecule has 0 saturated carbocycles. The lowest BCUT2D eigenvalue weighted by Gasteiger charge is -2.09. The minimum absolute atomic E-state index is 0.0144. The third kappa shape index (κ3) is 3.02. The van der Waals surface area contributed by atoms with E-state index >= 15 is 0 Å². The monoisotopic (exact) mass is 288 g/mol. The smallest absolute Gasteiger partial charge is 0.339 e. The van der Waals surface area contributed by atoms with E-state index in [4.69, 9.17) is 22.0 Å². The zero-order valence-corrected chi connectivity index (χ0v) is 10.9. The van der Waals surface area contributed by atoms with E-state index in [9.17, 15) is 4.79 Å². The molecular formula is C13H9ClN4O2. The molecule has 0 aliphatic rings. The Morgan fingerprint density at radius 3 is 3.00 bits per heavy atom. The average molecular weight is 289 g/mol. The number of rotatable bonds is 4. The van der Waals surface area contributed by atoms with Gasteiger partial charge < -0.3 is 10.4 Å². The van der Waals surface area contributed by atoms with Crippen molar-refractivity contribution < 1.29 is 9.90 Å². The van der Waals surface area contributed by atoms with E-state index in [2.05, 4.69) is 15.3 Å². The Balaban J connectivity index is 2.24. The first kappa shape index (κ1) is 13.8. The number of carbonyl (C=O) groups is 1. The molecule has 20 heavy (non-hydrogen) atoms. The summed E-state index contributed by atoms with van der Waals surface area (Å²) in [6, 6.07) is 6.82. The predicted octanol–water partition coefficient (Wildman–Crippen LogP) is 2.31. The van der Waals surface area contributed by atoms with E-state index in [1.807, 2.05) is 6.07 Å². The van der Waals surface area contributed by atoms with Crippen molar-refractivity contribution in [1.29, 1.82) is 5.26 Å². The zero-order valence-electron chi connectivity index (χ0n) is 10.2. The Labute approximate surface area is 119 Å². The average Bonchev–Trinajstić information content (AvgIpc) is 2.45. The summed E-state index contributed by atoms with van der Waals surface area (Å²) in [5.41, 5.74) is 1.28. The highest BCUT2D eigenvalue weighted by molar-refractivity contribution is 6.30. The molecule has 0 radical (unpaired) electrons. The molecule has 1 heterocycles. The van der Waals surface area contributed by atoms with Gasteiger partial charge in [0.2, 0.25) is 0 Å². The van der Waals surface area contributed by atoms with Gasteiger partial charge in [-0.25, -0.2) is 14.8 Å². The number of carboxylic acid groups (broad SMARTS) is 1. The van der Waals surface area contributed by atoms with Gasteiger partial charge in [0.15, 0.2) is 0 Å².